The van der Waals surface area contributed by atoms with Crippen molar-refractivity contribution in [2.45, 2.75) is 45.1 Å². The second-order valence-corrected chi connectivity index (χ2v) is 7.84. The number of nitrogens with zero attached hydrogens (tertiary/aromatic N) is 4. The summed E-state index contributed by atoms with van der Waals surface area (Å²) in [6, 6.07) is 7.06. The molecule has 5 rings (SSSR count). The predicted molar refractivity (Wildman–Crippen MR) is 103 cm³/mol. The third kappa shape index (κ3) is 3.07. The highest BCUT2D eigenvalue weighted by molar-refractivity contribution is 6.05. The van der Waals surface area contributed by atoms with Crippen LogP contribution in [0.15, 0.2) is 24.3 Å². The number of carbonyl (C=O) groups is 3. The highest BCUT2D eigenvalue weighted by Gasteiger charge is 2.39. The summed E-state index contributed by atoms with van der Waals surface area (Å²) in [6.45, 7) is 3.49. The Balaban J connectivity index is 1.36. The van der Waals surface area contributed by atoms with Crippen molar-refractivity contribution in [1.82, 2.24) is 24.9 Å². The molecule has 150 valence electrons. The fourth-order valence-corrected chi connectivity index (χ4v) is 4.52. The van der Waals surface area contributed by atoms with Crippen LogP contribution < -0.4 is 11.1 Å². The van der Waals surface area contributed by atoms with Gasteiger partial charge < -0.3 is 10.6 Å². The van der Waals surface area contributed by atoms with Gasteiger partial charge >= 0.3 is 0 Å². The molecule has 9 nitrogen and oxygen atoms in total. The van der Waals surface area contributed by atoms with Crippen molar-refractivity contribution >= 4 is 23.5 Å². The lowest BCUT2D eigenvalue weighted by molar-refractivity contribution is -0.136. The summed E-state index contributed by atoms with van der Waals surface area (Å²) in [5.74, 6) is -0.263. The second kappa shape index (κ2) is 6.70. The van der Waals surface area contributed by atoms with Crippen LogP contribution in [0.5, 0.6) is 0 Å². The first-order valence-corrected chi connectivity index (χ1v) is 9.79. The zero-order chi connectivity index (χ0) is 20.1. The molecule has 1 aromatic carbocycles. The molecule has 29 heavy (non-hydrogen) atoms. The number of benzene rings is 1. The maximum atomic E-state index is 13.0. The molecule has 0 radical (unpaired) electrons. The molecule has 1 aromatic heterocycles. The average molecular weight is 394 g/mol. The topological polar surface area (TPSA) is 114 Å². The average Bonchev–Trinajstić information content (AvgIpc) is 3.22. The smallest absolute Gasteiger partial charge is 0.255 e. The molecule has 1 atom stereocenters. The number of nitrogen functional groups attached to an aromatic ring is 1. The van der Waals surface area contributed by atoms with Crippen LogP contribution in [0.2, 0.25) is 0 Å². The molecule has 4 heterocycles. The lowest BCUT2D eigenvalue weighted by Gasteiger charge is -2.30. The largest absolute Gasteiger partial charge is 0.382 e. The third-order valence-corrected chi connectivity index (χ3v) is 5.97. The lowest BCUT2D eigenvalue weighted by Crippen LogP contribution is -2.52. The van der Waals surface area contributed by atoms with E-state index in [0.717, 1.165) is 36.5 Å². The highest BCUT2D eigenvalue weighted by atomic mass is 16.2. The summed E-state index contributed by atoms with van der Waals surface area (Å²) < 4.78 is 1.94. The number of nitrogens with one attached hydrogen (secondary N) is 1. The minimum Gasteiger partial charge on any atom is -0.382 e. The predicted octanol–water partition coefficient (Wildman–Crippen LogP) is 0.242. The molecular formula is C20H22N6O3. The molecule has 9 heteroatoms. The fourth-order valence-electron chi connectivity index (χ4n) is 4.52. The van der Waals surface area contributed by atoms with Gasteiger partial charge in [0.05, 0.1) is 12.2 Å². The minimum atomic E-state index is -0.590. The molecule has 1 unspecified atom stereocenters. The quantitative estimate of drug-likeness (QED) is 0.721. The lowest BCUT2D eigenvalue weighted by atomic mass is 10.0. The number of hydrogen-bond acceptors (Lipinski definition) is 6. The van der Waals surface area contributed by atoms with Crippen LogP contribution in [0, 0.1) is 0 Å². The zero-order valence-corrected chi connectivity index (χ0v) is 15.9. The van der Waals surface area contributed by atoms with Gasteiger partial charge in [-0.15, -0.1) is 0 Å². The van der Waals surface area contributed by atoms with Crippen molar-refractivity contribution in [2.24, 2.45) is 0 Å². The Bertz CT molecular complexity index is 1030. The van der Waals surface area contributed by atoms with Gasteiger partial charge in [0.2, 0.25) is 11.8 Å². The van der Waals surface area contributed by atoms with Crippen molar-refractivity contribution in [1.29, 1.82) is 0 Å². The Morgan fingerprint density at radius 2 is 2.03 bits per heavy atom. The maximum Gasteiger partial charge on any atom is 0.255 e. The van der Waals surface area contributed by atoms with Crippen molar-refractivity contribution in [3.8, 4) is 0 Å². The van der Waals surface area contributed by atoms with E-state index in [-0.39, 0.29) is 24.1 Å². The van der Waals surface area contributed by atoms with E-state index >= 15 is 0 Å². The Morgan fingerprint density at radius 3 is 2.86 bits per heavy atom. The highest BCUT2D eigenvalue weighted by Crippen LogP contribution is 2.31. The Morgan fingerprint density at radius 1 is 1.17 bits per heavy atom. The van der Waals surface area contributed by atoms with Crippen molar-refractivity contribution < 1.29 is 14.4 Å². The summed E-state index contributed by atoms with van der Waals surface area (Å²) in [6.07, 6.45) is 0.630. The van der Waals surface area contributed by atoms with Crippen molar-refractivity contribution in [3.63, 3.8) is 0 Å². The van der Waals surface area contributed by atoms with E-state index in [1.54, 1.807) is 4.90 Å². The van der Waals surface area contributed by atoms with Gasteiger partial charge in [-0.05, 0) is 23.6 Å². The molecule has 1 saturated heterocycles. The molecule has 3 amide bonds. The summed E-state index contributed by atoms with van der Waals surface area (Å²) in [4.78, 5) is 40.6. The molecule has 2 aromatic rings. The number of imide groups is 1. The van der Waals surface area contributed by atoms with Gasteiger partial charge in [0.1, 0.15) is 11.9 Å². The molecule has 3 aliphatic rings. The molecule has 0 aliphatic carbocycles. The molecule has 3 aliphatic heterocycles. The fraction of sp³-hybridized carbons (Fsp3) is 0.400. The number of anilines is 1. The number of rotatable bonds is 3. The Hall–Kier alpha value is -3.20. The molecule has 3 N–H and O–H groups in total. The van der Waals surface area contributed by atoms with E-state index in [4.69, 9.17) is 5.73 Å². The van der Waals surface area contributed by atoms with E-state index in [1.165, 1.54) is 0 Å². The summed E-state index contributed by atoms with van der Waals surface area (Å²) >= 11 is 0. The zero-order valence-electron chi connectivity index (χ0n) is 15.9. The van der Waals surface area contributed by atoms with Gasteiger partial charge in [-0.2, -0.15) is 5.10 Å². The van der Waals surface area contributed by atoms with E-state index in [0.29, 0.717) is 30.9 Å². The Kier molecular flexibility index (Phi) is 4.13. The first kappa shape index (κ1) is 17.9. The number of nitrogens with two attached hydrogens (primary N) is 1. The van der Waals surface area contributed by atoms with Crippen molar-refractivity contribution in [3.05, 3.63) is 46.6 Å². The van der Waals surface area contributed by atoms with Crippen LogP contribution in [0.25, 0.3) is 0 Å². The van der Waals surface area contributed by atoms with Crippen LogP contribution in [0.1, 0.15) is 40.0 Å². The summed E-state index contributed by atoms with van der Waals surface area (Å²) in [5, 5.41) is 6.64. The van der Waals surface area contributed by atoms with Gasteiger partial charge in [-0.25, -0.2) is 0 Å². The van der Waals surface area contributed by atoms with E-state index in [9.17, 15) is 14.4 Å². The van der Waals surface area contributed by atoms with Gasteiger partial charge in [-0.3, -0.25) is 29.3 Å². The molecular weight excluding hydrogens is 372 g/mol. The first-order valence-electron chi connectivity index (χ1n) is 9.79. The van der Waals surface area contributed by atoms with Gasteiger partial charge in [-0.1, -0.05) is 12.1 Å². The van der Waals surface area contributed by atoms with E-state index < -0.39 is 6.04 Å². The monoisotopic (exact) mass is 394 g/mol. The van der Waals surface area contributed by atoms with Crippen molar-refractivity contribution in [2.75, 3.05) is 12.3 Å². The van der Waals surface area contributed by atoms with Gasteiger partial charge in [0, 0.05) is 44.2 Å². The number of aromatic nitrogens is 2. The molecule has 1 fully saturated rings. The maximum absolute atomic E-state index is 13.0. The van der Waals surface area contributed by atoms with Crippen LogP contribution in [0.3, 0.4) is 0 Å². The normalized spacial score (nSPS) is 21.9. The van der Waals surface area contributed by atoms with Gasteiger partial charge in [0.25, 0.3) is 5.91 Å². The van der Waals surface area contributed by atoms with E-state index in [2.05, 4.69) is 15.3 Å². The number of piperidine rings is 1. The summed E-state index contributed by atoms with van der Waals surface area (Å²) in [7, 11) is 0. The van der Waals surface area contributed by atoms with Crippen LogP contribution >= 0.6 is 0 Å². The van der Waals surface area contributed by atoms with Gasteiger partial charge in [0.15, 0.2) is 0 Å². The standard InChI is InChI=1S/C20H22N6O3/c21-17-8-13-10-24(6-7-26(13)23-17)9-12-2-1-3-14-15(12)11-25(20(14)29)16-4-5-18(27)22-19(16)28/h1-3,8,16H,4-7,9-11H2,(H2,21,23)(H,22,27,28). The SMILES string of the molecule is Nc1cc2n(n1)CCN(Cc1cccc3c1CN(C1CCC(=O)NC1=O)C3=O)C2. The number of fused-ring (bicyclic) bond motifs is 2. The van der Waals surface area contributed by atoms with Crippen LogP contribution in [-0.2, 0) is 35.8 Å². The molecule has 0 bridgehead atoms. The minimum absolute atomic E-state index is 0.138. The number of amides is 3. The van der Waals surface area contributed by atoms with Crippen LogP contribution in [-0.4, -0.2) is 49.9 Å². The number of carbonyl (C=O) groups excluding carboxylic acids is 3. The number of hydrogen-bond donors (Lipinski definition) is 2. The molecule has 0 spiro atoms. The van der Waals surface area contributed by atoms with E-state index in [1.807, 2.05) is 28.9 Å². The second-order valence-electron chi connectivity index (χ2n) is 7.84. The van der Waals surface area contributed by atoms with Crippen LogP contribution in [0.4, 0.5) is 5.82 Å². The molecule has 0 saturated carbocycles. The summed E-state index contributed by atoms with van der Waals surface area (Å²) in [5.41, 5.74) is 9.60. The third-order valence-electron chi connectivity index (χ3n) is 5.97. The first-order chi connectivity index (χ1) is 14.0. The Labute approximate surface area is 167 Å².